The molecule has 1 atom stereocenters. The first-order valence-corrected chi connectivity index (χ1v) is 9.62. The third-order valence-corrected chi connectivity index (χ3v) is 6.51. The first-order valence-electron chi connectivity index (χ1n) is 7.51. The molecule has 2 aromatic rings. The second-order valence-electron chi connectivity index (χ2n) is 5.15. The zero-order valence-electron chi connectivity index (χ0n) is 13.0. The quantitative estimate of drug-likeness (QED) is 0.552. The van der Waals surface area contributed by atoms with E-state index in [4.69, 9.17) is 12.2 Å². The summed E-state index contributed by atoms with van der Waals surface area (Å²) in [6.45, 7) is 1.92. The zero-order valence-corrected chi connectivity index (χ0v) is 14.7. The maximum absolute atomic E-state index is 13.7. The molecule has 122 valence electrons. The van der Waals surface area contributed by atoms with E-state index in [1.54, 1.807) is 0 Å². The highest BCUT2D eigenvalue weighted by Gasteiger charge is 2.28. The van der Waals surface area contributed by atoms with E-state index in [-0.39, 0.29) is 17.8 Å². The van der Waals surface area contributed by atoms with E-state index in [1.807, 2.05) is 67.6 Å². The van der Waals surface area contributed by atoms with Gasteiger partial charge in [0.15, 0.2) is 5.11 Å². The molecule has 0 aromatic heterocycles. The van der Waals surface area contributed by atoms with Crippen LogP contribution in [-0.2, 0) is 4.57 Å². The van der Waals surface area contributed by atoms with Gasteiger partial charge in [0.2, 0.25) is 7.29 Å². The third-order valence-electron chi connectivity index (χ3n) is 3.55. The first-order chi connectivity index (χ1) is 11.1. The number of aliphatic hydroxyl groups is 1. The minimum absolute atomic E-state index is 0.0285. The van der Waals surface area contributed by atoms with Gasteiger partial charge in [0, 0.05) is 10.6 Å². The van der Waals surface area contributed by atoms with Gasteiger partial charge in [-0.2, -0.15) is 0 Å². The lowest BCUT2D eigenvalue weighted by atomic mass is 10.2. The fourth-order valence-corrected chi connectivity index (χ4v) is 4.83. The summed E-state index contributed by atoms with van der Waals surface area (Å²) in [4.78, 5) is 0. The van der Waals surface area contributed by atoms with Gasteiger partial charge in [-0.1, -0.05) is 43.3 Å². The smallest absolute Gasteiger partial charge is 0.228 e. The monoisotopic (exact) mass is 348 g/mol. The predicted octanol–water partition coefficient (Wildman–Crippen LogP) is 2.15. The molecule has 0 unspecified atom stereocenters. The van der Waals surface area contributed by atoms with Crippen LogP contribution in [-0.4, -0.2) is 22.9 Å². The van der Waals surface area contributed by atoms with Crippen LogP contribution in [0.1, 0.15) is 13.3 Å². The molecule has 0 heterocycles. The molecule has 0 aliphatic heterocycles. The summed E-state index contributed by atoms with van der Waals surface area (Å²) in [6, 6.07) is 18.3. The maximum Gasteiger partial charge on any atom is 0.228 e. The minimum atomic E-state index is -3.09. The van der Waals surface area contributed by atoms with E-state index in [2.05, 4.69) is 10.4 Å². The average molecular weight is 348 g/mol. The molecule has 6 heteroatoms. The van der Waals surface area contributed by atoms with Crippen LogP contribution in [0.2, 0.25) is 0 Å². The maximum atomic E-state index is 13.7. The van der Waals surface area contributed by atoms with Crippen LogP contribution in [0, 0.1) is 0 Å². The highest BCUT2D eigenvalue weighted by atomic mass is 32.1. The molecule has 2 rings (SSSR count). The van der Waals surface area contributed by atoms with Gasteiger partial charge in [-0.25, -0.2) is 0 Å². The molecule has 0 saturated heterocycles. The Hall–Kier alpha value is -1.68. The molecule has 4 nitrogen and oxygen atoms in total. The number of benzene rings is 2. The van der Waals surface area contributed by atoms with Crippen LogP contribution < -0.4 is 21.0 Å². The molecule has 0 aliphatic carbocycles. The summed E-state index contributed by atoms with van der Waals surface area (Å²) in [5, 5.41) is 16.9. The summed E-state index contributed by atoms with van der Waals surface area (Å²) >= 11 is 5.31. The van der Waals surface area contributed by atoms with E-state index in [0.717, 1.165) is 6.42 Å². The lowest BCUT2D eigenvalue weighted by Gasteiger charge is -2.24. The van der Waals surface area contributed by atoms with Gasteiger partial charge < -0.3 is 15.5 Å². The van der Waals surface area contributed by atoms with Crippen molar-refractivity contribution in [2.24, 2.45) is 0 Å². The molecular formula is C17H21N2O2PS. The number of thiocarbonyl (C=S) groups is 1. The number of nitrogens with one attached hydrogen (secondary N) is 2. The van der Waals surface area contributed by atoms with E-state index in [9.17, 15) is 9.67 Å². The van der Waals surface area contributed by atoms with Crippen molar-refractivity contribution in [3.8, 4) is 0 Å². The van der Waals surface area contributed by atoms with Gasteiger partial charge in [0.25, 0.3) is 0 Å². The van der Waals surface area contributed by atoms with Crippen LogP contribution in [0.5, 0.6) is 0 Å². The van der Waals surface area contributed by atoms with E-state index in [1.165, 1.54) is 0 Å². The number of hydrogen-bond acceptors (Lipinski definition) is 3. The van der Waals surface area contributed by atoms with Crippen molar-refractivity contribution in [2.75, 3.05) is 6.61 Å². The lowest BCUT2D eigenvalue weighted by molar-refractivity contribution is 0.252. The molecule has 0 aliphatic rings. The van der Waals surface area contributed by atoms with Crippen molar-refractivity contribution in [1.29, 1.82) is 0 Å². The van der Waals surface area contributed by atoms with Crippen molar-refractivity contribution in [1.82, 2.24) is 10.4 Å². The Balaban J connectivity index is 2.32. The highest BCUT2D eigenvalue weighted by Crippen LogP contribution is 2.38. The normalized spacial score (nSPS) is 12.4. The Labute approximate surface area is 142 Å². The molecular weight excluding hydrogens is 327 g/mol. The predicted molar refractivity (Wildman–Crippen MR) is 99.8 cm³/mol. The topological polar surface area (TPSA) is 61.4 Å². The second kappa shape index (κ2) is 8.25. The molecule has 23 heavy (non-hydrogen) atoms. The van der Waals surface area contributed by atoms with Crippen LogP contribution in [0.25, 0.3) is 0 Å². The molecule has 0 saturated carbocycles. The molecule has 2 aromatic carbocycles. The van der Waals surface area contributed by atoms with Crippen LogP contribution in [0.15, 0.2) is 60.7 Å². The number of rotatable bonds is 6. The summed E-state index contributed by atoms with van der Waals surface area (Å²) in [7, 11) is -3.09. The van der Waals surface area contributed by atoms with Gasteiger partial charge in [-0.15, -0.1) is 0 Å². The van der Waals surface area contributed by atoms with Crippen molar-refractivity contribution in [3.63, 3.8) is 0 Å². The van der Waals surface area contributed by atoms with Gasteiger partial charge in [-0.3, -0.25) is 4.57 Å². The van der Waals surface area contributed by atoms with Crippen LogP contribution in [0.3, 0.4) is 0 Å². The number of hydrogen-bond donors (Lipinski definition) is 3. The largest absolute Gasteiger partial charge is 0.394 e. The van der Waals surface area contributed by atoms with E-state index < -0.39 is 7.29 Å². The van der Waals surface area contributed by atoms with Crippen molar-refractivity contribution in [3.05, 3.63) is 60.7 Å². The van der Waals surface area contributed by atoms with E-state index in [0.29, 0.717) is 10.6 Å². The standard InChI is InChI=1S/C17H21N2O2PS/c1-2-14(13-20)18-17(23)19-22(21,15-9-5-3-6-10-15)16-11-7-4-8-12-16/h3-12,14,20H,2,13H2,1H3,(H2,18,19,21,23)/t14-/m1/s1. The highest BCUT2D eigenvalue weighted by molar-refractivity contribution is 7.83. The number of aliphatic hydroxyl groups excluding tert-OH is 1. The molecule has 0 spiro atoms. The SMILES string of the molecule is CC[C@H](CO)NC(=S)NP(=O)(c1ccccc1)c1ccccc1. The third kappa shape index (κ3) is 4.41. The molecule has 0 bridgehead atoms. The Morgan fingerprint density at radius 3 is 1.96 bits per heavy atom. The van der Waals surface area contributed by atoms with Crippen molar-refractivity contribution >= 4 is 35.2 Å². The molecule has 0 amide bonds. The van der Waals surface area contributed by atoms with Crippen LogP contribution in [0.4, 0.5) is 0 Å². The van der Waals surface area contributed by atoms with E-state index >= 15 is 0 Å². The zero-order chi connectivity index (χ0) is 16.7. The Morgan fingerprint density at radius 2 is 1.57 bits per heavy atom. The van der Waals surface area contributed by atoms with Crippen LogP contribution >= 0.6 is 19.5 Å². The summed E-state index contributed by atoms with van der Waals surface area (Å²) in [5.74, 6) is 0. The Kier molecular flexibility index (Phi) is 6.34. The van der Waals surface area contributed by atoms with Crippen molar-refractivity contribution < 1.29 is 9.67 Å². The fourth-order valence-electron chi connectivity index (χ4n) is 2.19. The lowest BCUT2D eigenvalue weighted by Crippen LogP contribution is -2.44. The van der Waals surface area contributed by atoms with Gasteiger partial charge >= 0.3 is 0 Å². The molecule has 0 radical (unpaired) electrons. The summed E-state index contributed by atoms with van der Waals surface area (Å²) in [6.07, 6.45) is 0.722. The molecule has 0 fully saturated rings. The Bertz CT molecular complexity index is 632. The fraction of sp³-hybridized carbons (Fsp3) is 0.235. The Morgan fingerprint density at radius 1 is 1.09 bits per heavy atom. The van der Waals surface area contributed by atoms with Gasteiger partial charge in [-0.05, 0) is 42.9 Å². The van der Waals surface area contributed by atoms with Crippen molar-refractivity contribution in [2.45, 2.75) is 19.4 Å². The second-order valence-corrected chi connectivity index (χ2v) is 8.04. The average Bonchev–Trinajstić information content (AvgIpc) is 2.61. The minimum Gasteiger partial charge on any atom is -0.394 e. The summed E-state index contributed by atoms with van der Waals surface area (Å²) in [5.41, 5.74) is 0. The van der Waals surface area contributed by atoms with Gasteiger partial charge in [0.05, 0.1) is 12.6 Å². The first kappa shape index (κ1) is 17.7. The summed E-state index contributed by atoms with van der Waals surface area (Å²) < 4.78 is 13.7. The van der Waals surface area contributed by atoms with Gasteiger partial charge in [0.1, 0.15) is 0 Å². The molecule has 3 N–H and O–H groups in total.